The third-order valence-corrected chi connectivity index (χ3v) is 4.01. The molecule has 2 aromatic rings. The van der Waals surface area contributed by atoms with E-state index in [2.05, 4.69) is 10.6 Å². The number of anilines is 1. The van der Waals surface area contributed by atoms with Crippen molar-refractivity contribution in [1.29, 1.82) is 0 Å². The Morgan fingerprint density at radius 1 is 1.17 bits per heavy atom. The molecule has 2 aromatic carbocycles. The molecule has 0 saturated heterocycles. The van der Waals surface area contributed by atoms with Crippen molar-refractivity contribution in [3.63, 3.8) is 0 Å². The van der Waals surface area contributed by atoms with E-state index in [1.54, 1.807) is 11.8 Å². The fraction of sp³-hybridized carbons (Fsp3) is 0.278. The molecule has 122 valence electrons. The van der Waals surface area contributed by atoms with Crippen molar-refractivity contribution in [3.05, 3.63) is 54.1 Å². The third kappa shape index (κ3) is 5.87. The number of benzene rings is 2. The SMILES string of the molecule is CSc1cccc(NC(=O)NCCCOc2ccccc2C)c1. The molecule has 4 nitrogen and oxygen atoms in total. The lowest BCUT2D eigenvalue weighted by molar-refractivity contribution is 0.250. The minimum Gasteiger partial charge on any atom is -0.493 e. The Kier molecular flexibility index (Phi) is 6.81. The number of amides is 2. The lowest BCUT2D eigenvalue weighted by Gasteiger charge is -2.10. The summed E-state index contributed by atoms with van der Waals surface area (Å²) in [6.07, 6.45) is 2.76. The van der Waals surface area contributed by atoms with E-state index >= 15 is 0 Å². The zero-order valence-electron chi connectivity index (χ0n) is 13.5. The largest absolute Gasteiger partial charge is 0.493 e. The number of thioether (sulfide) groups is 1. The first-order chi connectivity index (χ1) is 11.2. The molecule has 0 aliphatic rings. The summed E-state index contributed by atoms with van der Waals surface area (Å²) < 4.78 is 5.69. The van der Waals surface area contributed by atoms with Gasteiger partial charge >= 0.3 is 6.03 Å². The number of carbonyl (C=O) groups excluding carboxylic acids is 1. The average molecular weight is 330 g/mol. The van der Waals surface area contributed by atoms with Gasteiger partial charge in [0.1, 0.15) is 5.75 Å². The quantitative estimate of drug-likeness (QED) is 0.587. The van der Waals surface area contributed by atoms with Crippen molar-refractivity contribution >= 4 is 23.5 Å². The monoisotopic (exact) mass is 330 g/mol. The van der Waals surface area contributed by atoms with Gasteiger partial charge in [-0.3, -0.25) is 0 Å². The van der Waals surface area contributed by atoms with Crippen molar-refractivity contribution in [1.82, 2.24) is 5.32 Å². The van der Waals surface area contributed by atoms with Crippen LogP contribution in [0.1, 0.15) is 12.0 Å². The molecule has 0 saturated carbocycles. The number of nitrogens with one attached hydrogen (secondary N) is 2. The lowest BCUT2D eigenvalue weighted by atomic mass is 10.2. The molecule has 5 heteroatoms. The predicted octanol–water partition coefficient (Wildman–Crippen LogP) is 4.31. The van der Waals surface area contributed by atoms with Crippen LogP contribution in [-0.4, -0.2) is 25.4 Å². The minimum atomic E-state index is -0.195. The number of hydrogen-bond donors (Lipinski definition) is 2. The highest BCUT2D eigenvalue weighted by molar-refractivity contribution is 7.98. The highest BCUT2D eigenvalue weighted by Gasteiger charge is 2.02. The van der Waals surface area contributed by atoms with Gasteiger partial charge in [0, 0.05) is 17.1 Å². The Balaban J connectivity index is 1.66. The number of carbonyl (C=O) groups is 1. The molecule has 0 heterocycles. The van der Waals surface area contributed by atoms with Gasteiger partial charge in [-0.15, -0.1) is 11.8 Å². The summed E-state index contributed by atoms with van der Waals surface area (Å²) >= 11 is 1.65. The van der Waals surface area contributed by atoms with E-state index in [0.717, 1.165) is 28.3 Å². The van der Waals surface area contributed by atoms with Gasteiger partial charge in [0.05, 0.1) is 6.61 Å². The molecular weight excluding hydrogens is 308 g/mol. The van der Waals surface area contributed by atoms with Gasteiger partial charge < -0.3 is 15.4 Å². The number of para-hydroxylation sites is 1. The summed E-state index contributed by atoms with van der Waals surface area (Å²) in [4.78, 5) is 12.9. The van der Waals surface area contributed by atoms with E-state index in [0.29, 0.717) is 13.2 Å². The summed E-state index contributed by atoms with van der Waals surface area (Å²) in [5.41, 5.74) is 1.91. The molecule has 0 bridgehead atoms. The van der Waals surface area contributed by atoms with Crippen LogP contribution in [0.3, 0.4) is 0 Å². The van der Waals surface area contributed by atoms with Gasteiger partial charge in [0.25, 0.3) is 0 Å². The van der Waals surface area contributed by atoms with Crippen LogP contribution in [0.5, 0.6) is 5.75 Å². The molecule has 0 unspecified atom stereocenters. The molecule has 2 amide bonds. The summed E-state index contributed by atoms with van der Waals surface area (Å²) in [5, 5.41) is 5.66. The highest BCUT2D eigenvalue weighted by atomic mass is 32.2. The van der Waals surface area contributed by atoms with E-state index in [1.807, 2.05) is 61.7 Å². The van der Waals surface area contributed by atoms with Crippen LogP contribution in [0.15, 0.2) is 53.4 Å². The standard InChI is InChI=1S/C18H22N2O2S/c1-14-7-3-4-10-17(14)22-12-6-11-19-18(21)20-15-8-5-9-16(13-15)23-2/h3-5,7-10,13H,6,11-12H2,1-2H3,(H2,19,20,21). The summed E-state index contributed by atoms with van der Waals surface area (Å²) in [6.45, 7) is 3.16. The maximum atomic E-state index is 11.8. The summed E-state index contributed by atoms with van der Waals surface area (Å²) in [5.74, 6) is 0.894. The molecule has 0 spiro atoms. The van der Waals surface area contributed by atoms with E-state index in [1.165, 1.54) is 0 Å². The molecular formula is C18H22N2O2S. The fourth-order valence-electron chi connectivity index (χ4n) is 2.05. The van der Waals surface area contributed by atoms with Crippen molar-refractivity contribution < 1.29 is 9.53 Å². The van der Waals surface area contributed by atoms with Crippen LogP contribution in [0, 0.1) is 6.92 Å². The Bertz CT molecular complexity index is 646. The van der Waals surface area contributed by atoms with Crippen LogP contribution in [0.4, 0.5) is 10.5 Å². The molecule has 2 rings (SSSR count). The smallest absolute Gasteiger partial charge is 0.319 e. The Labute approximate surface area is 141 Å². The second-order valence-corrected chi connectivity index (χ2v) is 5.96. The Morgan fingerprint density at radius 3 is 2.78 bits per heavy atom. The number of urea groups is 1. The van der Waals surface area contributed by atoms with Gasteiger partial charge in [0.15, 0.2) is 0 Å². The molecule has 2 N–H and O–H groups in total. The highest BCUT2D eigenvalue weighted by Crippen LogP contribution is 2.19. The van der Waals surface area contributed by atoms with E-state index in [9.17, 15) is 4.79 Å². The van der Waals surface area contributed by atoms with E-state index < -0.39 is 0 Å². The zero-order valence-corrected chi connectivity index (χ0v) is 14.3. The van der Waals surface area contributed by atoms with Crippen LogP contribution < -0.4 is 15.4 Å². The number of rotatable bonds is 7. The Hall–Kier alpha value is -2.14. The van der Waals surface area contributed by atoms with E-state index in [-0.39, 0.29) is 6.03 Å². The minimum absolute atomic E-state index is 0.195. The molecule has 0 fully saturated rings. The van der Waals surface area contributed by atoms with Crippen LogP contribution in [0.2, 0.25) is 0 Å². The summed E-state index contributed by atoms with van der Waals surface area (Å²) in [7, 11) is 0. The molecule has 23 heavy (non-hydrogen) atoms. The first kappa shape index (κ1) is 17.2. The van der Waals surface area contributed by atoms with E-state index in [4.69, 9.17) is 4.74 Å². The lowest BCUT2D eigenvalue weighted by Crippen LogP contribution is -2.30. The number of hydrogen-bond acceptors (Lipinski definition) is 3. The van der Waals surface area contributed by atoms with Crippen LogP contribution in [-0.2, 0) is 0 Å². The average Bonchev–Trinajstić information content (AvgIpc) is 2.56. The first-order valence-electron chi connectivity index (χ1n) is 7.56. The van der Waals surface area contributed by atoms with Crippen molar-refractivity contribution in [3.8, 4) is 5.75 Å². The van der Waals surface area contributed by atoms with Crippen molar-refractivity contribution in [2.24, 2.45) is 0 Å². The topological polar surface area (TPSA) is 50.4 Å². The number of ether oxygens (including phenoxy) is 1. The maximum Gasteiger partial charge on any atom is 0.319 e. The van der Waals surface area contributed by atoms with Gasteiger partial charge in [-0.25, -0.2) is 4.79 Å². The van der Waals surface area contributed by atoms with Crippen LogP contribution >= 0.6 is 11.8 Å². The zero-order chi connectivity index (χ0) is 16.5. The van der Waals surface area contributed by atoms with Gasteiger partial charge in [-0.2, -0.15) is 0 Å². The molecule has 0 aliphatic heterocycles. The molecule has 0 atom stereocenters. The Morgan fingerprint density at radius 2 is 2.00 bits per heavy atom. The van der Waals surface area contributed by atoms with Crippen molar-refractivity contribution in [2.75, 3.05) is 24.7 Å². The number of aryl methyl sites for hydroxylation is 1. The van der Waals surface area contributed by atoms with Gasteiger partial charge in [-0.1, -0.05) is 24.3 Å². The normalized spacial score (nSPS) is 10.2. The first-order valence-corrected chi connectivity index (χ1v) is 8.79. The third-order valence-electron chi connectivity index (χ3n) is 3.29. The molecule has 0 radical (unpaired) electrons. The van der Waals surface area contributed by atoms with Crippen LogP contribution in [0.25, 0.3) is 0 Å². The molecule has 0 aliphatic carbocycles. The molecule has 0 aromatic heterocycles. The van der Waals surface area contributed by atoms with Gasteiger partial charge in [0.2, 0.25) is 0 Å². The van der Waals surface area contributed by atoms with Gasteiger partial charge in [-0.05, 0) is 49.4 Å². The fourth-order valence-corrected chi connectivity index (χ4v) is 2.51. The summed E-state index contributed by atoms with van der Waals surface area (Å²) in [6, 6.07) is 15.5. The second-order valence-electron chi connectivity index (χ2n) is 5.08. The van der Waals surface area contributed by atoms with Crippen molar-refractivity contribution in [2.45, 2.75) is 18.2 Å². The maximum absolute atomic E-state index is 11.8. The predicted molar refractivity (Wildman–Crippen MR) is 96.5 cm³/mol. The second kappa shape index (κ2) is 9.10.